The van der Waals surface area contributed by atoms with Crippen molar-refractivity contribution >= 4 is 28.5 Å². The molecule has 0 saturated carbocycles. The Morgan fingerprint density at radius 2 is 1.95 bits per heavy atom. The molecule has 3 aromatic heterocycles. The van der Waals surface area contributed by atoms with Gasteiger partial charge in [-0.2, -0.15) is 0 Å². The van der Waals surface area contributed by atoms with E-state index in [0.29, 0.717) is 5.82 Å². The standard InChI is InChI=1S/C8H7NO.C6H9N3S/c1-6-4-7-2-3-10-8(7)5-9-6;1-4-3-5(7)9-6(8-4)10-2/h2-5H,1H3;3H,1-2H3,(H2,7,8,9). The van der Waals surface area contributed by atoms with Crippen LogP contribution in [-0.4, -0.2) is 21.2 Å². The monoisotopic (exact) mass is 288 g/mol. The van der Waals surface area contributed by atoms with Gasteiger partial charge in [0, 0.05) is 22.8 Å². The Hall–Kier alpha value is -2.08. The van der Waals surface area contributed by atoms with E-state index in [-0.39, 0.29) is 0 Å². The van der Waals surface area contributed by atoms with E-state index < -0.39 is 0 Å². The molecule has 0 saturated heterocycles. The van der Waals surface area contributed by atoms with Crippen LogP contribution in [0.5, 0.6) is 0 Å². The Balaban J connectivity index is 0.000000147. The lowest BCUT2D eigenvalue weighted by atomic mass is 10.3. The van der Waals surface area contributed by atoms with Gasteiger partial charge in [-0.15, -0.1) is 0 Å². The zero-order valence-electron chi connectivity index (χ0n) is 11.6. The van der Waals surface area contributed by atoms with Crippen LogP contribution < -0.4 is 5.73 Å². The quantitative estimate of drug-likeness (QED) is 0.547. The van der Waals surface area contributed by atoms with E-state index in [2.05, 4.69) is 15.0 Å². The largest absolute Gasteiger partial charge is 0.463 e. The van der Waals surface area contributed by atoms with Crippen LogP contribution in [0.2, 0.25) is 0 Å². The van der Waals surface area contributed by atoms with Crippen molar-refractivity contribution in [2.24, 2.45) is 0 Å². The summed E-state index contributed by atoms with van der Waals surface area (Å²) in [6, 6.07) is 5.68. The first-order valence-corrected chi connectivity index (χ1v) is 7.26. The summed E-state index contributed by atoms with van der Waals surface area (Å²) in [4.78, 5) is 12.2. The summed E-state index contributed by atoms with van der Waals surface area (Å²) in [5.74, 6) is 0.539. The molecule has 0 aliphatic carbocycles. The first-order valence-electron chi connectivity index (χ1n) is 6.03. The van der Waals surface area contributed by atoms with Crippen LogP contribution in [0, 0.1) is 13.8 Å². The molecule has 3 aromatic rings. The minimum absolute atomic E-state index is 0.539. The third-order valence-electron chi connectivity index (χ3n) is 2.51. The van der Waals surface area contributed by atoms with Crippen molar-refractivity contribution in [2.45, 2.75) is 19.0 Å². The summed E-state index contributed by atoms with van der Waals surface area (Å²) in [5, 5.41) is 1.85. The normalized spacial score (nSPS) is 10.2. The number of fused-ring (bicyclic) bond motifs is 1. The van der Waals surface area contributed by atoms with Crippen LogP contribution in [0.3, 0.4) is 0 Å². The molecule has 0 fully saturated rings. The molecule has 0 aliphatic rings. The highest BCUT2D eigenvalue weighted by Crippen LogP contribution is 2.13. The molecule has 3 heterocycles. The fraction of sp³-hybridized carbons (Fsp3) is 0.214. The Kier molecular flexibility index (Phi) is 4.57. The number of thioether (sulfide) groups is 1. The van der Waals surface area contributed by atoms with Gasteiger partial charge >= 0.3 is 0 Å². The van der Waals surface area contributed by atoms with Gasteiger partial charge in [0.2, 0.25) is 0 Å². The predicted octanol–water partition coefficient (Wildman–Crippen LogP) is 3.23. The average molecular weight is 288 g/mol. The summed E-state index contributed by atoms with van der Waals surface area (Å²) in [6.07, 6.45) is 5.34. The van der Waals surface area contributed by atoms with Gasteiger partial charge in [0.05, 0.1) is 12.5 Å². The fourth-order valence-electron chi connectivity index (χ4n) is 1.63. The number of nitrogen functional groups attached to an aromatic ring is 1. The summed E-state index contributed by atoms with van der Waals surface area (Å²) < 4.78 is 5.11. The maximum atomic E-state index is 5.47. The van der Waals surface area contributed by atoms with E-state index in [9.17, 15) is 0 Å². The van der Waals surface area contributed by atoms with Crippen molar-refractivity contribution in [2.75, 3.05) is 12.0 Å². The number of hydrogen-bond acceptors (Lipinski definition) is 6. The number of nitrogens with zero attached hydrogens (tertiary/aromatic N) is 3. The van der Waals surface area contributed by atoms with E-state index in [0.717, 1.165) is 27.5 Å². The van der Waals surface area contributed by atoms with Gasteiger partial charge in [0.25, 0.3) is 0 Å². The van der Waals surface area contributed by atoms with Crippen LogP contribution in [-0.2, 0) is 0 Å². The smallest absolute Gasteiger partial charge is 0.189 e. The van der Waals surface area contributed by atoms with Crippen LogP contribution in [0.15, 0.2) is 40.2 Å². The minimum Gasteiger partial charge on any atom is -0.463 e. The topological polar surface area (TPSA) is 77.8 Å². The van der Waals surface area contributed by atoms with E-state index in [4.69, 9.17) is 10.2 Å². The molecular weight excluding hydrogens is 272 g/mol. The third kappa shape index (κ3) is 3.71. The first-order chi connectivity index (χ1) is 9.58. The van der Waals surface area contributed by atoms with Crippen LogP contribution in [0.1, 0.15) is 11.4 Å². The number of aryl methyl sites for hydroxylation is 2. The molecule has 0 atom stereocenters. The van der Waals surface area contributed by atoms with E-state index in [1.54, 1.807) is 18.5 Å². The second kappa shape index (κ2) is 6.38. The number of pyridine rings is 1. The number of anilines is 1. The maximum Gasteiger partial charge on any atom is 0.189 e. The molecule has 5 nitrogen and oxygen atoms in total. The molecule has 0 aromatic carbocycles. The molecule has 0 amide bonds. The molecule has 0 radical (unpaired) electrons. The van der Waals surface area contributed by atoms with E-state index in [1.807, 2.05) is 32.2 Å². The Labute approximate surface area is 121 Å². The molecule has 104 valence electrons. The molecule has 6 heteroatoms. The molecule has 2 N–H and O–H groups in total. The van der Waals surface area contributed by atoms with E-state index in [1.165, 1.54) is 11.8 Å². The summed E-state index contributed by atoms with van der Waals surface area (Å²) in [7, 11) is 0. The van der Waals surface area contributed by atoms with Crippen LogP contribution in [0.4, 0.5) is 5.82 Å². The predicted molar refractivity (Wildman–Crippen MR) is 81.7 cm³/mol. The Morgan fingerprint density at radius 1 is 1.15 bits per heavy atom. The van der Waals surface area contributed by atoms with Gasteiger partial charge < -0.3 is 10.2 Å². The van der Waals surface area contributed by atoms with Gasteiger partial charge in [-0.05, 0) is 32.2 Å². The summed E-state index contributed by atoms with van der Waals surface area (Å²) in [5.41, 5.74) is 8.26. The van der Waals surface area contributed by atoms with Gasteiger partial charge in [0.15, 0.2) is 10.7 Å². The highest BCUT2D eigenvalue weighted by molar-refractivity contribution is 7.98. The lowest BCUT2D eigenvalue weighted by Gasteiger charge is -1.97. The second-order valence-corrected chi connectivity index (χ2v) is 4.98. The Morgan fingerprint density at radius 3 is 2.65 bits per heavy atom. The highest BCUT2D eigenvalue weighted by Gasteiger charge is 1.96. The van der Waals surface area contributed by atoms with Crippen molar-refractivity contribution in [1.29, 1.82) is 0 Å². The van der Waals surface area contributed by atoms with Crippen molar-refractivity contribution in [3.8, 4) is 0 Å². The number of rotatable bonds is 1. The lowest BCUT2D eigenvalue weighted by molar-refractivity contribution is 0.614. The average Bonchev–Trinajstić information content (AvgIpc) is 2.85. The van der Waals surface area contributed by atoms with Crippen molar-refractivity contribution in [3.63, 3.8) is 0 Å². The summed E-state index contributed by atoms with van der Waals surface area (Å²) in [6.45, 7) is 3.87. The van der Waals surface area contributed by atoms with Crippen molar-refractivity contribution in [1.82, 2.24) is 15.0 Å². The molecule has 20 heavy (non-hydrogen) atoms. The Bertz CT molecular complexity index is 691. The SMILES string of the molecule is CSc1nc(C)cc(N)n1.Cc1cc2ccoc2cn1. The zero-order valence-corrected chi connectivity index (χ0v) is 12.4. The van der Waals surface area contributed by atoms with E-state index >= 15 is 0 Å². The highest BCUT2D eigenvalue weighted by atomic mass is 32.2. The molecule has 0 bridgehead atoms. The molecule has 0 aliphatic heterocycles. The fourth-order valence-corrected chi connectivity index (χ4v) is 2.07. The van der Waals surface area contributed by atoms with Gasteiger partial charge in [-0.1, -0.05) is 11.8 Å². The minimum atomic E-state index is 0.539. The zero-order chi connectivity index (χ0) is 14.5. The van der Waals surface area contributed by atoms with Gasteiger partial charge in [-0.25, -0.2) is 9.97 Å². The van der Waals surface area contributed by atoms with Crippen molar-refractivity contribution in [3.05, 3.63) is 42.0 Å². The second-order valence-electron chi connectivity index (χ2n) is 4.21. The molecular formula is C14H16N4OS. The lowest BCUT2D eigenvalue weighted by Crippen LogP contribution is -1.95. The third-order valence-corrected chi connectivity index (χ3v) is 3.06. The number of nitrogens with two attached hydrogens (primary N) is 1. The van der Waals surface area contributed by atoms with Crippen LogP contribution >= 0.6 is 11.8 Å². The van der Waals surface area contributed by atoms with Gasteiger partial charge in [-0.3, -0.25) is 4.98 Å². The van der Waals surface area contributed by atoms with Crippen molar-refractivity contribution < 1.29 is 4.42 Å². The van der Waals surface area contributed by atoms with Crippen LogP contribution in [0.25, 0.3) is 11.0 Å². The number of hydrogen-bond donors (Lipinski definition) is 1. The van der Waals surface area contributed by atoms with Gasteiger partial charge in [0.1, 0.15) is 5.82 Å². The molecule has 3 rings (SSSR count). The number of furan rings is 1. The molecule has 0 spiro atoms. The maximum absolute atomic E-state index is 5.47. The number of aromatic nitrogens is 3. The molecule has 0 unspecified atom stereocenters. The first kappa shape index (κ1) is 14.3. The summed E-state index contributed by atoms with van der Waals surface area (Å²) >= 11 is 1.49.